The highest BCUT2D eigenvalue weighted by Crippen LogP contribution is 2.33. The summed E-state index contributed by atoms with van der Waals surface area (Å²) in [5, 5.41) is 12.2. The molecule has 0 aromatic heterocycles. The lowest BCUT2D eigenvalue weighted by Crippen LogP contribution is -2.55. The van der Waals surface area contributed by atoms with Crippen LogP contribution >= 0.6 is 0 Å². The second-order valence-corrected chi connectivity index (χ2v) is 7.65. The van der Waals surface area contributed by atoms with E-state index >= 15 is 0 Å². The van der Waals surface area contributed by atoms with Crippen molar-refractivity contribution in [3.8, 4) is 0 Å². The van der Waals surface area contributed by atoms with Crippen LogP contribution in [-0.2, 0) is 16.0 Å². The summed E-state index contributed by atoms with van der Waals surface area (Å²) in [5.74, 6) is 0.0190. The SMILES string of the molecule is Cc1cccc(CCC(=O)NC2CC(N(CC(=O)O)CC3CC3)C2)c1. The maximum atomic E-state index is 12.1. The van der Waals surface area contributed by atoms with E-state index in [1.54, 1.807) is 0 Å². The summed E-state index contributed by atoms with van der Waals surface area (Å²) < 4.78 is 0. The van der Waals surface area contributed by atoms with Gasteiger partial charge in [0, 0.05) is 25.0 Å². The molecule has 0 aliphatic heterocycles. The molecule has 1 aromatic carbocycles. The Morgan fingerprint density at radius 1 is 1.28 bits per heavy atom. The van der Waals surface area contributed by atoms with E-state index in [1.165, 1.54) is 24.0 Å². The van der Waals surface area contributed by atoms with Crippen LogP contribution in [0.2, 0.25) is 0 Å². The molecule has 0 spiro atoms. The minimum absolute atomic E-state index is 0.0944. The lowest BCUT2D eigenvalue weighted by atomic mass is 9.85. The molecule has 5 nitrogen and oxygen atoms in total. The first kappa shape index (κ1) is 17.9. The van der Waals surface area contributed by atoms with Crippen LogP contribution < -0.4 is 5.32 Å². The molecule has 2 fully saturated rings. The molecule has 2 N–H and O–H groups in total. The lowest BCUT2D eigenvalue weighted by Gasteiger charge is -2.42. The Labute approximate surface area is 149 Å². The van der Waals surface area contributed by atoms with Crippen LogP contribution in [0.15, 0.2) is 24.3 Å². The fourth-order valence-corrected chi connectivity index (χ4v) is 3.58. The van der Waals surface area contributed by atoms with Gasteiger partial charge in [-0.3, -0.25) is 14.5 Å². The van der Waals surface area contributed by atoms with E-state index < -0.39 is 5.97 Å². The Morgan fingerprint density at radius 3 is 2.68 bits per heavy atom. The van der Waals surface area contributed by atoms with E-state index in [9.17, 15) is 9.59 Å². The van der Waals surface area contributed by atoms with Crippen LogP contribution in [0.25, 0.3) is 0 Å². The third-order valence-electron chi connectivity index (χ3n) is 5.25. The van der Waals surface area contributed by atoms with Crippen molar-refractivity contribution in [2.45, 2.75) is 57.5 Å². The number of carboxylic acids is 1. The van der Waals surface area contributed by atoms with Gasteiger partial charge in [0.2, 0.25) is 5.91 Å². The lowest BCUT2D eigenvalue weighted by molar-refractivity contribution is -0.140. The minimum atomic E-state index is -0.758. The zero-order valence-corrected chi connectivity index (χ0v) is 14.9. The topological polar surface area (TPSA) is 69.6 Å². The monoisotopic (exact) mass is 344 g/mol. The third kappa shape index (κ3) is 5.56. The summed E-state index contributed by atoms with van der Waals surface area (Å²) in [5.41, 5.74) is 2.41. The number of carboxylic acid groups (broad SMARTS) is 1. The number of nitrogens with zero attached hydrogens (tertiary/aromatic N) is 1. The first-order valence-electron chi connectivity index (χ1n) is 9.30. The molecule has 136 valence electrons. The van der Waals surface area contributed by atoms with Gasteiger partial charge in [-0.05, 0) is 50.5 Å². The quantitative estimate of drug-likeness (QED) is 0.722. The number of benzene rings is 1. The summed E-state index contributed by atoms with van der Waals surface area (Å²) in [4.78, 5) is 25.3. The number of aliphatic carboxylic acids is 1. The van der Waals surface area contributed by atoms with Gasteiger partial charge in [0.15, 0.2) is 0 Å². The molecule has 2 aliphatic carbocycles. The van der Waals surface area contributed by atoms with Crippen molar-refractivity contribution in [2.75, 3.05) is 13.1 Å². The molecule has 0 radical (unpaired) electrons. The molecule has 0 bridgehead atoms. The summed E-state index contributed by atoms with van der Waals surface area (Å²) in [6, 6.07) is 8.76. The van der Waals surface area contributed by atoms with E-state index in [2.05, 4.69) is 35.3 Å². The largest absolute Gasteiger partial charge is 0.480 e. The van der Waals surface area contributed by atoms with Crippen LogP contribution in [0.3, 0.4) is 0 Å². The van der Waals surface area contributed by atoms with E-state index in [4.69, 9.17) is 5.11 Å². The van der Waals surface area contributed by atoms with Gasteiger partial charge in [-0.1, -0.05) is 29.8 Å². The summed E-state index contributed by atoms with van der Waals surface area (Å²) in [6.45, 7) is 3.07. The van der Waals surface area contributed by atoms with Crippen LogP contribution in [0, 0.1) is 12.8 Å². The summed E-state index contributed by atoms with van der Waals surface area (Å²) in [6.07, 6.45) is 5.46. The molecule has 3 rings (SSSR count). The van der Waals surface area contributed by atoms with Gasteiger partial charge in [-0.15, -0.1) is 0 Å². The van der Waals surface area contributed by atoms with Crippen LogP contribution in [-0.4, -0.2) is 47.1 Å². The number of rotatable bonds is 9. The highest BCUT2D eigenvalue weighted by molar-refractivity contribution is 5.76. The van der Waals surface area contributed by atoms with Crippen molar-refractivity contribution in [1.29, 1.82) is 0 Å². The van der Waals surface area contributed by atoms with Crippen LogP contribution in [0.4, 0.5) is 0 Å². The normalized spacial score (nSPS) is 22.5. The number of carbonyl (C=O) groups is 2. The highest BCUT2D eigenvalue weighted by Gasteiger charge is 2.37. The van der Waals surface area contributed by atoms with E-state index in [1.807, 2.05) is 6.07 Å². The Kier molecular flexibility index (Phi) is 5.74. The van der Waals surface area contributed by atoms with Crippen molar-refractivity contribution in [3.63, 3.8) is 0 Å². The molecule has 1 aromatic rings. The maximum absolute atomic E-state index is 12.1. The molecule has 2 aliphatic rings. The Morgan fingerprint density at radius 2 is 2.04 bits per heavy atom. The van der Waals surface area contributed by atoms with Crippen LogP contribution in [0.5, 0.6) is 0 Å². The predicted molar refractivity (Wildman–Crippen MR) is 96.4 cm³/mol. The van der Waals surface area contributed by atoms with E-state index in [0.717, 1.165) is 25.8 Å². The first-order chi connectivity index (χ1) is 12.0. The predicted octanol–water partition coefficient (Wildman–Crippen LogP) is 2.37. The van der Waals surface area contributed by atoms with Gasteiger partial charge in [0.25, 0.3) is 0 Å². The fourth-order valence-electron chi connectivity index (χ4n) is 3.58. The average molecular weight is 344 g/mol. The number of carbonyl (C=O) groups excluding carboxylic acids is 1. The van der Waals surface area contributed by atoms with E-state index in [-0.39, 0.29) is 18.5 Å². The maximum Gasteiger partial charge on any atom is 0.317 e. The number of aryl methyl sites for hydroxylation is 2. The number of hydrogen-bond acceptors (Lipinski definition) is 3. The number of hydrogen-bond donors (Lipinski definition) is 2. The summed E-state index contributed by atoms with van der Waals surface area (Å²) in [7, 11) is 0. The van der Waals surface area contributed by atoms with Gasteiger partial charge in [-0.2, -0.15) is 0 Å². The Balaban J connectivity index is 1.38. The second kappa shape index (κ2) is 8.00. The molecular weight excluding hydrogens is 316 g/mol. The van der Waals surface area contributed by atoms with Gasteiger partial charge >= 0.3 is 5.97 Å². The molecule has 1 amide bonds. The third-order valence-corrected chi connectivity index (χ3v) is 5.25. The molecule has 0 atom stereocenters. The molecule has 0 saturated heterocycles. The molecule has 0 heterocycles. The zero-order valence-electron chi connectivity index (χ0n) is 14.9. The Hall–Kier alpha value is -1.88. The second-order valence-electron chi connectivity index (χ2n) is 7.65. The molecule has 2 saturated carbocycles. The van der Waals surface area contributed by atoms with Gasteiger partial charge in [0.1, 0.15) is 0 Å². The molecule has 25 heavy (non-hydrogen) atoms. The van der Waals surface area contributed by atoms with Crippen molar-refractivity contribution in [2.24, 2.45) is 5.92 Å². The van der Waals surface area contributed by atoms with E-state index in [0.29, 0.717) is 18.4 Å². The molecular formula is C20H28N2O3. The number of nitrogens with one attached hydrogen (secondary N) is 1. The van der Waals surface area contributed by atoms with Crippen molar-refractivity contribution in [3.05, 3.63) is 35.4 Å². The minimum Gasteiger partial charge on any atom is -0.480 e. The van der Waals surface area contributed by atoms with Gasteiger partial charge < -0.3 is 10.4 Å². The fraction of sp³-hybridized carbons (Fsp3) is 0.600. The standard InChI is InChI=1S/C20H28N2O3/c1-14-3-2-4-15(9-14)7-8-19(23)21-17-10-18(11-17)22(13-20(24)25)12-16-5-6-16/h2-4,9,16-18H,5-8,10-13H2,1H3,(H,21,23)(H,24,25). The smallest absolute Gasteiger partial charge is 0.317 e. The summed E-state index contributed by atoms with van der Waals surface area (Å²) >= 11 is 0. The molecule has 0 unspecified atom stereocenters. The number of amides is 1. The zero-order chi connectivity index (χ0) is 17.8. The molecule has 5 heteroatoms. The van der Waals surface area contributed by atoms with Gasteiger partial charge in [0.05, 0.1) is 6.54 Å². The highest BCUT2D eigenvalue weighted by atomic mass is 16.4. The van der Waals surface area contributed by atoms with Crippen molar-refractivity contribution < 1.29 is 14.7 Å². The average Bonchev–Trinajstić information content (AvgIpc) is 3.31. The van der Waals surface area contributed by atoms with Crippen LogP contribution in [0.1, 0.15) is 43.2 Å². The first-order valence-corrected chi connectivity index (χ1v) is 9.30. The van der Waals surface area contributed by atoms with Gasteiger partial charge in [-0.25, -0.2) is 0 Å². The van der Waals surface area contributed by atoms with Crippen molar-refractivity contribution in [1.82, 2.24) is 10.2 Å². The van der Waals surface area contributed by atoms with Crippen molar-refractivity contribution >= 4 is 11.9 Å². The Bertz CT molecular complexity index is 621.